The van der Waals surface area contributed by atoms with Crippen molar-refractivity contribution in [2.45, 2.75) is 31.0 Å². The Labute approximate surface area is 113 Å². The molecule has 1 aromatic rings. The van der Waals surface area contributed by atoms with Crippen LogP contribution >= 0.6 is 11.8 Å². The van der Waals surface area contributed by atoms with Crippen LogP contribution in [-0.4, -0.2) is 38.9 Å². The fraction of sp³-hybridized carbons (Fsp3) is 0.455. The number of H-pyrrole nitrogens is 1. The maximum Gasteiger partial charge on any atom is 0.346 e. The van der Waals surface area contributed by atoms with Gasteiger partial charge in [0.15, 0.2) is 0 Å². The summed E-state index contributed by atoms with van der Waals surface area (Å²) >= 11 is 0.829. The molecule has 104 valence electrons. The number of hydrogen-bond acceptors (Lipinski definition) is 6. The molecule has 1 rings (SSSR count). The lowest BCUT2D eigenvalue weighted by Gasteiger charge is -2.11. The van der Waals surface area contributed by atoms with Gasteiger partial charge in [0.1, 0.15) is 15.8 Å². The first-order chi connectivity index (χ1) is 8.86. The first-order valence-electron chi connectivity index (χ1n) is 5.54. The van der Waals surface area contributed by atoms with Crippen LogP contribution in [0.4, 0.5) is 0 Å². The Balaban J connectivity index is 3.24. The van der Waals surface area contributed by atoms with Crippen molar-refractivity contribution in [1.82, 2.24) is 9.97 Å². The zero-order valence-corrected chi connectivity index (χ0v) is 11.5. The van der Waals surface area contributed by atoms with Gasteiger partial charge in [0.25, 0.3) is 0 Å². The predicted octanol–water partition coefficient (Wildman–Crippen LogP) is 0.820. The number of esters is 1. The fourth-order valence-electron chi connectivity index (χ4n) is 1.31. The molecule has 7 nitrogen and oxygen atoms in total. The molecule has 0 amide bonds. The zero-order chi connectivity index (χ0) is 14.6. The van der Waals surface area contributed by atoms with E-state index in [9.17, 15) is 14.4 Å². The van der Waals surface area contributed by atoms with Gasteiger partial charge in [-0.1, -0.05) is 11.8 Å². The van der Waals surface area contributed by atoms with Gasteiger partial charge in [-0.15, -0.1) is 0 Å². The van der Waals surface area contributed by atoms with Crippen molar-refractivity contribution in [3.63, 3.8) is 0 Å². The molecule has 0 bridgehead atoms. The van der Waals surface area contributed by atoms with Crippen molar-refractivity contribution in [2.24, 2.45) is 0 Å². The van der Waals surface area contributed by atoms with Crippen molar-refractivity contribution in [3.05, 3.63) is 21.7 Å². The lowest BCUT2D eigenvalue weighted by Crippen LogP contribution is -2.21. The SMILES string of the molecule is CCOC(=O)c1c(S[C@@H](C)C(=O)O)nc(=O)[nH]c1C. The molecule has 1 heterocycles. The highest BCUT2D eigenvalue weighted by molar-refractivity contribution is 8.00. The number of nitrogens with zero attached hydrogens (tertiary/aromatic N) is 1. The molecular formula is C11H14N2O5S. The van der Waals surface area contributed by atoms with Gasteiger partial charge in [-0.25, -0.2) is 9.59 Å². The molecule has 0 unspecified atom stereocenters. The number of aryl methyl sites for hydroxylation is 1. The third-order valence-corrected chi connectivity index (χ3v) is 3.28. The number of ether oxygens (including phenoxy) is 1. The highest BCUT2D eigenvalue weighted by Crippen LogP contribution is 2.25. The van der Waals surface area contributed by atoms with Crippen LogP contribution in [0.15, 0.2) is 9.82 Å². The summed E-state index contributed by atoms with van der Waals surface area (Å²) in [4.78, 5) is 40.0. The summed E-state index contributed by atoms with van der Waals surface area (Å²) < 4.78 is 4.87. The molecule has 0 aromatic carbocycles. The maximum absolute atomic E-state index is 11.8. The quantitative estimate of drug-likeness (QED) is 0.468. The minimum absolute atomic E-state index is 0.0644. The van der Waals surface area contributed by atoms with Gasteiger partial charge in [-0.3, -0.25) is 4.79 Å². The first kappa shape index (κ1) is 15.2. The third-order valence-electron chi connectivity index (χ3n) is 2.20. The lowest BCUT2D eigenvalue weighted by atomic mass is 10.2. The van der Waals surface area contributed by atoms with E-state index in [1.165, 1.54) is 13.8 Å². The van der Waals surface area contributed by atoms with Crippen LogP contribution in [0.5, 0.6) is 0 Å². The van der Waals surface area contributed by atoms with E-state index >= 15 is 0 Å². The molecule has 0 radical (unpaired) electrons. The van der Waals surface area contributed by atoms with Crippen molar-refractivity contribution >= 4 is 23.7 Å². The number of aromatic amines is 1. The standard InChI is InChI=1S/C11H14N2O5S/c1-4-18-10(16)7-5(2)12-11(17)13-8(7)19-6(3)9(14)15/h6H,4H2,1-3H3,(H,14,15)(H,12,13,17)/t6-/m0/s1. The van der Waals surface area contributed by atoms with Gasteiger partial charge in [-0.2, -0.15) is 4.98 Å². The van der Waals surface area contributed by atoms with Crippen molar-refractivity contribution in [3.8, 4) is 0 Å². The summed E-state index contributed by atoms with van der Waals surface area (Å²) in [6.45, 7) is 4.81. The van der Waals surface area contributed by atoms with Crippen LogP contribution < -0.4 is 5.69 Å². The van der Waals surface area contributed by atoms with E-state index in [4.69, 9.17) is 9.84 Å². The second-order valence-corrected chi connectivity index (χ2v) is 5.00. The van der Waals surface area contributed by atoms with Crippen molar-refractivity contribution in [1.29, 1.82) is 0 Å². The summed E-state index contributed by atoms with van der Waals surface area (Å²) in [5.41, 5.74) is -0.233. The summed E-state index contributed by atoms with van der Waals surface area (Å²) in [6.07, 6.45) is 0. The molecule has 0 aliphatic rings. The highest BCUT2D eigenvalue weighted by Gasteiger charge is 2.23. The van der Waals surface area contributed by atoms with E-state index in [1.807, 2.05) is 0 Å². The molecule has 0 saturated carbocycles. The van der Waals surface area contributed by atoms with Gasteiger partial charge >= 0.3 is 17.6 Å². The van der Waals surface area contributed by atoms with Gasteiger partial charge in [0.05, 0.1) is 6.61 Å². The van der Waals surface area contributed by atoms with Gasteiger partial charge in [-0.05, 0) is 20.8 Å². The molecule has 0 aliphatic heterocycles. The zero-order valence-electron chi connectivity index (χ0n) is 10.7. The average Bonchev–Trinajstić information content (AvgIpc) is 2.27. The number of carboxylic acids is 1. The average molecular weight is 286 g/mol. The molecule has 0 spiro atoms. The Kier molecular flexibility index (Phi) is 5.11. The van der Waals surface area contributed by atoms with Crippen molar-refractivity contribution < 1.29 is 19.4 Å². The molecule has 0 fully saturated rings. The largest absolute Gasteiger partial charge is 0.480 e. The number of aromatic nitrogens is 2. The van der Waals surface area contributed by atoms with Crippen LogP contribution in [0.2, 0.25) is 0 Å². The van der Waals surface area contributed by atoms with E-state index in [0.29, 0.717) is 5.69 Å². The molecule has 19 heavy (non-hydrogen) atoms. The van der Waals surface area contributed by atoms with Gasteiger partial charge in [0, 0.05) is 5.69 Å². The number of rotatable bonds is 5. The third kappa shape index (κ3) is 3.82. The molecule has 8 heteroatoms. The van der Waals surface area contributed by atoms with Crippen LogP contribution in [0.3, 0.4) is 0 Å². The maximum atomic E-state index is 11.8. The minimum atomic E-state index is -1.06. The monoisotopic (exact) mass is 286 g/mol. The molecular weight excluding hydrogens is 272 g/mol. The Morgan fingerprint density at radius 2 is 2.16 bits per heavy atom. The lowest BCUT2D eigenvalue weighted by molar-refractivity contribution is -0.136. The van der Waals surface area contributed by atoms with E-state index < -0.39 is 22.9 Å². The molecule has 1 aromatic heterocycles. The number of carbonyl (C=O) groups excluding carboxylic acids is 1. The van der Waals surface area contributed by atoms with Crippen molar-refractivity contribution in [2.75, 3.05) is 6.61 Å². The molecule has 1 atom stereocenters. The number of carbonyl (C=O) groups is 2. The minimum Gasteiger partial charge on any atom is -0.480 e. The number of thioether (sulfide) groups is 1. The van der Waals surface area contributed by atoms with Gasteiger partial charge in [0.2, 0.25) is 0 Å². The second-order valence-electron chi connectivity index (χ2n) is 3.67. The van der Waals surface area contributed by atoms with Crippen LogP contribution in [0.25, 0.3) is 0 Å². The van der Waals surface area contributed by atoms with Crippen LogP contribution in [0.1, 0.15) is 29.9 Å². The summed E-state index contributed by atoms with van der Waals surface area (Å²) in [6, 6.07) is 0. The topological polar surface area (TPSA) is 109 Å². The Bertz CT molecular complexity index is 555. The first-order valence-corrected chi connectivity index (χ1v) is 6.42. The second kappa shape index (κ2) is 6.37. The normalized spacial score (nSPS) is 11.9. The van der Waals surface area contributed by atoms with Crippen LogP contribution in [-0.2, 0) is 9.53 Å². The summed E-state index contributed by atoms with van der Waals surface area (Å²) in [7, 11) is 0. The number of carboxylic acid groups (broad SMARTS) is 1. The Hall–Kier alpha value is -1.83. The summed E-state index contributed by atoms with van der Waals surface area (Å²) in [5, 5.41) is 8.10. The number of hydrogen-bond donors (Lipinski definition) is 2. The fourth-order valence-corrected chi connectivity index (χ4v) is 2.23. The van der Waals surface area contributed by atoms with Gasteiger partial charge < -0.3 is 14.8 Å². The summed E-state index contributed by atoms with van der Waals surface area (Å²) in [5.74, 6) is -1.69. The number of aliphatic carboxylic acids is 1. The van der Waals surface area contributed by atoms with E-state index in [2.05, 4.69) is 9.97 Å². The smallest absolute Gasteiger partial charge is 0.346 e. The van der Waals surface area contributed by atoms with E-state index in [0.717, 1.165) is 11.8 Å². The predicted molar refractivity (Wildman–Crippen MR) is 68.5 cm³/mol. The molecule has 2 N–H and O–H groups in total. The Morgan fingerprint density at radius 1 is 1.53 bits per heavy atom. The molecule has 0 aliphatic carbocycles. The Morgan fingerprint density at radius 3 is 2.68 bits per heavy atom. The highest BCUT2D eigenvalue weighted by atomic mass is 32.2. The number of nitrogens with one attached hydrogen (secondary N) is 1. The van der Waals surface area contributed by atoms with E-state index in [1.54, 1.807) is 6.92 Å². The van der Waals surface area contributed by atoms with Crippen LogP contribution in [0, 0.1) is 6.92 Å². The van der Waals surface area contributed by atoms with E-state index in [-0.39, 0.29) is 17.2 Å². The molecule has 0 saturated heterocycles.